The molecule has 3 aromatic carbocycles. The number of carbonyl (C=O) groups excluding carboxylic acids is 1. The van der Waals surface area contributed by atoms with Gasteiger partial charge in [-0.25, -0.2) is 5.43 Å². The van der Waals surface area contributed by atoms with Gasteiger partial charge < -0.3 is 0 Å². The van der Waals surface area contributed by atoms with Crippen LogP contribution in [0.15, 0.2) is 83.1 Å². The minimum Gasteiger partial charge on any atom is -0.272 e. The number of hydrazone groups is 1. The molecular weight excluding hydrogens is 454 g/mol. The van der Waals surface area contributed by atoms with E-state index in [0.29, 0.717) is 16.0 Å². The number of benzene rings is 3. The van der Waals surface area contributed by atoms with Crippen molar-refractivity contribution in [2.24, 2.45) is 5.10 Å². The highest BCUT2D eigenvalue weighted by atomic mass is 35.5. The van der Waals surface area contributed by atoms with Crippen molar-refractivity contribution >= 4 is 35.5 Å². The van der Waals surface area contributed by atoms with Gasteiger partial charge in [0.05, 0.1) is 12.0 Å². The first-order valence-electron chi connectivity index (χ1n) is 10.3. The molecule has 0 aliphatic heterocycles. The molecular formula is C25H22ClN5OS. The third-order valence-electron chi connectivity index (χ3n) is 4.84. The Morgan fingerprint density at radius 1 is 0.970 bits per heavy atom. The Morgan fingerprint density at radius 3 is 2.27 bits per heavy atom. The second kappa shape index (κ2) is 10.5. The molecule has 0 bridgehead atoms. The topological polar surface area (TPSA) is 72.2 Å². The van der Waals surface area contributed by atoms with Crippen LogP contribution in [0.25, 0.3) is 17.1 Å². The summed E-state index contributed by atoms with van der Waals surface area (Å²) in [6, 6.07) is 23.4. The molecule has 0 aliphatic carbocycles. The number of hydrogen-bond donors (Lipinski definition) is 1. The lowest BCUT2D eigenvalue weighted by molar-refractivity contribution is -0.118. The molecule has 1 heterocycles. The van der Waals surface area contributed by atoms with Crippen LogP contribution in [0.2, 0.25) is 5.02 Å². The van der Waals surface area contributed by atoms with E-state index < -0.39 is 0 Å². The van der Waals surface area contributed by atoms with E-state index in [-0.39, 0.29) is 11.7 Å². The molecule has 0 saturated heterocycles. The first-order valence-corrected chi connectivity index (χ1v) is 11.7. The third-order valence-corrected chi connectivity index (χ3v) is 6.02. The summed E-state index contributed by atoms with van der Waals surface area (Å²) in [6.07, 6.45) is 1.62. The molecule has 8 heteroatoms. The molecule has 6 nitrogen and oxygen atoms in total. The Kier molecular flexibility index (Phi) is 7.22. The quantitative estimate of drug-likeness (QED) is 0.219. The smallest absolute Gasteiger partial charge is 0.250 e. The van der Waals surface area contributed by atoms with Crippen molar-refractivity contribution in [2.45, 2.75) is 19.0 Å². The van der Waals surface area contributed by atoms with Gasteiger partial charge in [0.15, 0.2) is 11.0 Å². The van der Waals surface area contributed by atoms with Gasteiger partial charge in [0.1, 0.15) is 0 Å². The largest absolute Gasteiger partial charge is 0.272 e. The molecule has 4 aromatic rings. The molecule has 1 N–H and O–H groups in total. The minimum absolute atomic E-state index is 0.144. The molecule has 0 aliphatic rings. The number of halogens is 1. The van der Waals surface area contributed by atoms with Crippen molar-refractivity contribution in [1.82, 2.24) is 20.2 Å². The number of aryl methyl sites for hydroxylation is 2. The van der Waals surface area contributed by atoms with Crippen LogP contribution in [0.4, 0.5) is 0 Å². The van der Waals surface area contributed by atoms with Crippen molar-refractivity contribution in [3.8, 4) is 17.1 Å². The average molecular weight is 476 g/mol. The summed E-state index contributed by atoms with van der Waals surface area (Å²) in [5.74, 6) is 0.605. The van der Waals surface area contributed by atoms with E-state index in [1.165, 1.54) is 17.3 Å². The number of amides is 1. The molecule has 0 fully saturated rings. The van der Waals surface area contributed by atoms with Crippen molar-refractivity contribution in [2.75, 3.05) is 5.75 Å². The van der Waals surface area contributed by atoms with Crippen LogP contribution in [0.5, 0.6) is 0 Å². The monoisotopic (exact) mass is 475 g/mol. The van der Waals surface area contributed by atoms with E-state index in [1.54, 1.807) is 6.21 Å². The lowest BCUT2D eigenvalue weighted by atomic mass is 10.1. The molecule has 1 aromatic heterocycles. The second-order valence-electron chi connectivity index (χ2n) is 7.48. The summed E-state index contributed by atoms with van der Waals surface area (Å²) >= 11 is 7.37. The lowest BCUT2D eigenvalue weighted by Crippen LogP contribution is -2.20. The third kappa shape index (κ3) is 5.88. The van der Waals surface area contributed by atoms with Gasteiger partial charge in [0.25, 0.3) is 5.91 Å². The molecule has 0 radical (unpaired) electrons. The molecule has 0 saturated carbocycles. The summed E-state index contributed by atoms with van der Waals surface area (Å²) in [6.45, 7) is 4.06. The van der Waals surface area contributed by atoms with E-state index in [4.69, 9.17) is 11.6 Å². The highest BCUT2D eigenvalue weighted by Crippen LogP contribution is 2.28. The second-order valence-corrected chi connectivity index (χ2v) is 8.86. The normalized spacial score (nSPS) is 11.1. The Balaban J connectivity index is 1.51. The summed E-state index contributed by atoms with van der Waals surface area (Å²) in [4.78, 5) is 12.3. The fourth-order valence-electron chi connectivity index (χ4n) is 3.07. The zero-order valence-electron chi connectivity index (χ0n) is 18.2. The molecule has 0 unspecified atom stereocenters. The maximum atomic E-state index is 12.3. The average Bonchev–Trinajstić information content (AvgIpc) is 3.24. The molecule has 0 spiro atoms. The van der Waals surface area contributed by atoms with Crippen LogP contribution in [0, 0.1) is 13.8 Å². The predicted octanol–water partition coefficient (Wildman–Crippen LogP) is 5.45. The Labute approximate surface area is 201 Å². The highest BCUT2D eigenvalue weighted by Gasteiger charge is 2.17. The number of thioether (sulfide) groups is 1. The van der Waals surface area contributed by atoms with E-state index in [1.807, 2.05) is 91.2 Å². The number of nitrogens with zero attached hydrogens (tertiary/aromatic N) is 4. The van der Waals surface area contributed by atoms with Gasteiger partial charge >= 0.3 is 0 Å². The standard InChI is InChI=1S/C25H22ClN5OS/c1-17-3-7-19(8-4-17)15-27-28-23(32)16-33-25-30-29-24(20-9-5-18(2)6-10-20)31(25)22-13-11-21(26)12-14-22/h3-15H,16H2,1-2H3,(H,28,32). The van der Waals surface area contributed by atoms with Crippen LogP contribution in [-0.4, -0.2) is 32.6 Å². The van der Waals surface area contributed by atoms with Crippen LogP contribution in [0.1, 0.15) is 16.7 Å². The number of rotatable bonds is 7. The van der Waals surface area contributed by atoms with Gasteiger partial charge in [-0.1, -0.05) is 83.0 Å². The molecule has 1 amide bonds. The van der Waals surface area contributed by atoms with Gasteiger partial charge in [-0.15, -0.1) is 10.2 Å². The Morgan fingerprint density at radius 2 is 1.61 bits per heavy atom. The Bertz CT molecular complexity index is 1270. The van der Waals surface area contributed by atoms with Gasteiger partial charge in [-0.3, -0.25) is 9.36 Å². The fourth-order valence-corrected chi connectivity index (χ4v) is 3.94. The zero-order chi connectivity index (χ0) is 23.2. The van der Waals surface area contributed by atoms with Gasteiger partial charge in [-0.05, 0) is 43.7 Å². The van der Waals surface area contributed by atoms with E-state index in [0.717, 1.165) is 22.4 Å². The highest BCUT2D eigenvalue weighted by molar-refractivity contribution is 7.99. The molecule has 166 valence electrons. The van der Waals surface area contributed by atoms with Crippen molar-refractivity contribution in [3.05, 3.63) is 94.5 Å². The number of hydrogen-bond acceptors (Lipinski definition) is 5. The molecule has 0 atom stereocenters. The lowest BCUT2D eigenvalue weighted by Gasteiger charge is -2.10. The van der Waals surface area contributed by atoms with E-state index in [2.05, 4.69) is 20.7 Å². The number of aromatic nitrogens is 3. The maximum Gasteiger partial charge on any atom is 0.250 e. The van der Waals surface area contributed by atoms with Crippen LogP contribution < -0.4 is 5.43 Å². The first-order chi connectivity index (χ1) is 16.0. The maximum absolute atomic E-state index is 12.3. The van der Waals surface area contributed by atoms with Gasteiger partial charge in [0, 0.05) is 16.3 Å². The van der Waals surface area contributed by atoms with Crippen molar-refractivity contribution in [1.29, 1.82) is 0 Å². The SMILES string of the molecule is Cc1ccc(C=NNC(=O)CSc2nnc(-c3ccc(C)cc3)n2-c2ccc(Cl)cc2)cc1. The van der Waals surface area contributed by atoms with Crippen LogP contribution >= 0.6 is 23.4 Å². The summed E-state index contributed by atoms with van der Waals surface area (Å²) in [5.41, 5.74) is 7.60. The number of carbonyl (C=O) groups is 1. The number of nitrogens with one attached hydrogen (secondary N) is 1. The van der Waals surface area contributed by atoms with Crippen molar-refractivity contribution < 1.29 is 4.79 Å². The van der Waals surface area contributed by atoms with Gasteiger partial charge in [0.2, 0.25) is 0 Å². The molecule has 33 heavy (non-hydrogen) atoms. The fraction of sp³-hybridized carbons (Fsp3) is 0.120. The van der Waals surface area contributed by atoms with Crippen molar-refractivity contribution in [3.63, 3.8) is 0 Å². The first kappa shape index (κ1) is 22.8. The van der Waals surface area contributed by atoms with Crippen LogP contribution in [-0.2, 0) is 4.79 Å². The van der Waals surface area contributed by atoms with E-state index in [9.17, 15) is 4.79 Å². The summed E-state index contributed by atoms with van der Waals surface area (Å²) < 4.78 is 1.93. The van der Waals surface area contributed by atoms with E-state index >= 15 is 0 Å². The van der Waals surface area contributed by atoms with Crippen LogP contribution in [0.3, 0.4) is 0 Å². The summed E-state index contributed by atoms with van der Waals surface area (Å²) in [7, 11) is 0. The summed E-state index contributed by atoms with van der Waals surface area (Å²) in [5, 5.41) is 14.0. The minimum atomic E-state index is -0.231. The Hall–Kier alpha value is -3.42. The molecule has 4 rings (SSSR count). The predicted molar refractivity (Wildman–Crippen MR) is 134 cm³/mol. The zero-order valence-corrected chi connectivity index (χ0v) is 19.8. The van der Waals surface area contributed by atoms with Gasteiger partial charge in [-0.2, -0.15) is 5.10 Å².